The average Bonchev–Trinajstić information content (AvgIpc) is 2.62. The largest absolute Gasteiger partial charge is 0.241 e. The van der Waals surface area contributed by atoms with Crippen molar-refractivity contribution in [3.05, 3.63) is 58.9 Å². The maximum Gasteiger partial charge on any atom is 0.128 e. The molecule has 0 aliphatic rings. The number of benzene rings is 1. The molecule has 2 aromatic rings. The quantitative estimate of drug-likeness (QED) is 0.478. The summed E-state index contributed by atoms with van der Waals surface area (Å²) in [5.41, 5.74) is 3.05. The van der Waals surface area contributed by atoms with Gasteiger partial charge in [-0.3, -0.25) is 0 Å². The smallest absolute Gasteiger partial charge is 0.128 e. The van der Waals surface area contributed by atoms with Crippen LogP contribution in [-0.2, 0) is 25.7 Å². The summed E-state index contributed by atoms with van der Waals surface area (Å²) < 4.78 is 14.3. The topological polar surface area (TPSA) is 25.8 Å². The van der Waals surface area contributed by atoms with Crippen LogP contribution in [0, 0.1) is 5.82 Å². The predicted molar refractivity (Wildman–Crippen MR) is 102 cm³/mol. The summed E-state index contributed by atoms with van der Waals surface area (Å²) in [5, 5.41) is 0. The van der Waals surface area contributed by atoms with E-state index in [4.69, 9.17) is 0 Å². The van der Waals surface area contributed by atoms with E-state index in [1.54, 1.807) is 6.07 Å². The normalized spacial score (nSPS) is 11.0. The van der Waals surface area contributed by atoms with Crippen LogP contribution in [0.2, 0.25) is 0 Å². The Labute approximate surface area is 151 Å². The van der Waals surface area contributed by atoms with Gasteiger partial charge in [-0.15, -0.1) is 0 Å². The summed E-state index contributed by atoms with van der Waals surface area (Å²) in [6.45, 7) is 4.39. The molecule has 0 radical (unpaired) electrons. The lowest BCUT2D eigenvalue weighted by atomic mass is 10.0. The molecule has 0 atom stereocenters. The van der Waals surface area contributed by atoms with E-state index in [1.807, 2.05) is 18.5 Å². The molecule has 0 aliphatic heterocycles. The van der Waals surface area contributed by atoms with E-state index in [-0.39, 0.29) is 5.82 Å². The number of nitrogens with zero attached hydrogens (tertiary/aromatic N) is 2. The van der Waals surface area contributed by atoms with Crippen LogP contribution >= 0.6 is 0 Å². The maximum atomic E-state index is 14.3. The van der Waals surface area contributed by atoms with Crippen molar-refractivity contribution in [1.29, 1.82) is 0 Å². The Morgan fingerprint density at radius 1 is 0.760 bits per heavy atom. The molecule has 0 amide bonds. The Hall–Kier alpha value is -1.77. The number of halogens is 1. The van der Waals surface area contributed by atoms with Gasteiger partial charge < -0.3 is 0 Å². The van der Waals surface area contributed by atoms with Gasteiger partial charge in [-0.1, -0.05) is 51.7 Å². The van der Waals surface area contributed by atoms with Crippen LogP contribution in [0.25, 0.3) is 0 Å². The van der Waals surface area contributed by atoms with Crippen molar-refractivity contribution in [3.63, 3.8) is 0 Å². The maximum absolute atomic E-state index is 14.3. The van der Waals surface area contributed by atoms with E-state index in [0.29, 0.717) is 12.8 Å². The average molecular weight is 343 g/mol. The number of aromatic nitrogens is 2. The monoisotopic (exact) mass is 342 g/mol. The van der Waals surface area contributed by atoms with Crippen molar-refractivity contribution in [2.45, 2.75) is 78.1 Å². The van der Waals surface area contributed by atoms with Crippen molar-refractivity contribution in [3.8, 4) is 0 Å². The molecule has 1 aromatic carbocycles. The molecule has 0 unspecified atom stereocenters. The van der Waals surface area contributed by atoms with Crippen LogP contribution in [-0.4, -0.2) is 9.97 Å². The second kappa shape index (κ2) is 11.0. The molecule has 2 rings (SSSR count). The Morgan fingerprint density at radius 3 is 2.00 bits per heavy atom. The zero-order valence-electron chi connectivity index (χ0n) is 15.7. The van der Waals surface area contributed by atoms with Crippen LogP contribution in [0.1, 0.15) is 74.9 Å². The molecule has 25 heavy (non-hydrogen) atoms. The highest BCUT2D eigenvalue weighted by Crippen LogP contribution is 2.15. The minimum atomic E-state index is -0.0924. The van der Waals surface area contributed by atoms with Gasteiger partial charge in [0.1, 0.15) is 11.6 Å². The molecule has 0 saturated carbocycles. The van der Waals surface area contributed by atoms with Gasteiger partial charge in [-0.2, -0.15) is 0 Å². The van der Waals surface area contributed by atoms with Crippen molar-refractivity contribution < 1.29 is 4.39 Å². The van der Waals surface area contributed by atoms with Gasteiger partial charge in [0.15, 0.2) is 0 Å². The molecule has 1 heterocycles. The minimum Gasteiger partial charge on any atom is -0.241 e. The SMILES string of the molecule is CCCCCc1cnc(CCc2ccc(CCCCC)cc2F)nc1. The first-order chi connectivity index (χ1) is 12.2. The molecule has 136 valence electrons. The number of rotatable bonds is 11. The number of hydrogen-bond acceptors (Lipinski definition) is 2. The molecule has 2 nitrogen and oxygen atoms in total. The minimum absolute atomic E-state index is 0.0924. The Balaban J connectivity index is 1.84. The highest BCUT2D eigenvalue weighted by atomic mass is 19.1. The van der Waals surface area contributed by atoms with Gasteiger partial charge in [0.25, 0.3) is 0 Å². The third kappa shape index (κ3) is 6.93. The lowest BCUT2D eigenvalue weighted by Gasteiger charge is -2.07. The van der Waals surface area contributed by atoms with E-state index < -0.39 is 0 Å². The predicted octanol–water partition coefficient (Wildman–Crippen LogP) is 5.87. The Bertz CT molecular complexity index is 622. The van der Waals surface area contributed by atoms with Crippen molar-refractivity contribution in [2.75, 3.05) is 0 Å². The van der Waals surface area contributed by atoms with E-state index in [2.05, 4.69) is 29.9 Å². The number of unbranched alkanes of at least 4 members (excludes halogenated alkanes) is 4. The fraction of sp³-hybridized carbons (Fsp3) is 0.545. The second-order valence-corrected chi connectivity index (χ2v) is 6.85. The third-order valence-electron chi connectivity index (χ3n) is 4.63. The summed E-state index contributed by atoms with van der Waals surface area (Å²) in [6.07, 6.45) is 14.4. The summed E-state index contributed by atoms with van der Waals surface area (Å²) >= 11 is 0. The van der Waals surface area contributed by atoms with E-state index >= 15 is 0 Å². The van der Waals surface area contributed by atoms with E-state index in [9.17, 15) is 4.39 Å². The van der Waals surface area contributed by atoms with Crippen molar-refractivity contribution in [2.24, 2.45) is 0 Å². The first kappa shape index (κ1) is 19.6. The molecule has 0 spiro atoms. The third-order valence-corrected chi connectivity index (χ3v) is 4.63. The molecule has 0 bridgehead atoms. The van der Waals surface area contributed by atoms with Gasteiger partial charge in [-0.05, 0) is 54.9 Å². The summed E-state index contributed by atoms with van der Waals surface area (Å²) in [5.74, 6) is 0.704. The number of hydrogen-bond donors (Lipinski definition) is 0. The molecular weight excluding hydrogens is 311 g/mol. The number of aryl methyl sites for hydroxylation is 4. The first-order valence-corrected chi connectivity index (χ1v) is 9.80. The highest BCUT2D eigenvalue weighted by molar-refractivity contribution is 5.25. The summed E-state index contributed by atoms with van der Waals surface area (Å²) in [7, 11) is 0. The zero-order valence-corrected chi connectivity index (χ0v) is 15.7. The standard InChI is InChI=1S/C22H31FN2/c1-3-5-7-9-18-11-12-20(21(23)15-18)13-14-22-24-16-19(17-25-22)10-8-6-4-2/h11-12,15-17H,3-10,13-14H2,1-2H3. The van der Waals surface area contributed by atoms with Gasteiger partial charge >= 0.3 is 0 Å². The lowest BCUT2D eigenvalue weighted by Crippen LogP contribution is -2.01. The van der Waals surface area contributed by atoms with Gasteiger partial charge in [-0.25, -0.2) is 14.4 Å². The van der Waals surface area contributed by atoms with Crippen LogP contribution < -0.4 is 0 Å². The molecule has 1 aromatic heterocycles. The summed E-state index contributed by atoms with van der Waals surface area (Å²) in [6, 6.07) is 5.68. The molecule has 3 heteroatoms. The van der Waals surface area contributed by atoms with Crippen LogP contribution in [0.5, 0.6) is 0 Å². The lowest BCUT2D eigenvalue weighted by molar-refractivity contribution is 0.603. The molecular formula is C22H31FN2. The van der Waals surface area contributed by atoms with Crippen LogP contribution in [0.15, 0.2) is 30.6 Å². The van der Waals surface area contributed by atoms with Crippen LogP contribution in [0.4, 0.5) is 4.39 Å². The zero-order chi connectivity index (χ0) is 17.9. The first-order valence-electron chi connectivity index (χ1n) is 9.80. The highest BCUT2D eigenvalue weighted by Gasteiger charge is 2.06. The van der Waals surface area contributed by atoms with E-state index in [0.717, 1.165) is 36.2 Å². The molecule has 0 aliphatic carbocycles. The Kier molecular flexibility index (Phi) is 8.58. The van der Waals surface area contributed by atoms with Gasteiger partial charge in [0.2, 0.25) is 0 Å². The second-order valence-electron chi connectivity index (χ2n) is 6.85. The molecule has 0 fully saturated rings. The van der Waals surface area contributed by atoms with E-state index in [1.165, 1.54) is 37.7 Å². The molecule has 0 saturated heterocycles. The van der Waals surface area contributed by atoms with Crippen molar-refractivity contribution >= 4 is 0 Å². The van der Waals surface area contributed by atoms with Crippen molar-refractivity contribution in [1.82, 2.24) is 9.97 Å². The molecule has 0 N–H and O–H groups in total. The van der Waals surface area contributed by atoms with Gasteiger partial charge in [0.05, 0.1) is 0 Å². The van der Waals surface area contributed by atoms with Crippen LogP contribution in [0.3, 0.4) is 0 Å². The summed E-state index contributed by atoms with van der Waals surface area (Å²) in [4.78, 5) is 8.87. The fourth-order valence-electron chi connectivity index (χ4n) is 2.99. The Morgan fingerprint density at radius 2 is 1.40 bits per heavy atom. The fourth-order valence-corrected chi connectivity index (χ4v) is 2.99. The van der Waals surface area contributed by atoms with Gasteiger partial charge in [0, 0.05) is 18.8 Å².